The van der Waals surface area contributed by atoms with Crippen LogP contribution in [-0.4, -0.2) is 11.0 Å². The van der Waals surface area contributed by atoms with Gasteiger partial charge in [0.2, 0.25) is 0 Å². The number of thioether (sulfide) groups is 1. The van der Waals surface area contributed by atoms with Gasteiger partial charge in [-0.1, -0.05) is 0 Å². The zero-order valence-electron chi connectivity index (χ0n) is 8.52. The van der Waals surface area contributed by atoms with Crippen molar-refractivity contribution in [1.82, 2.24) is 0 Å². The minimum absolute atomic E-state index is 0. The monoisotopic (exact) mass is 285 g/mol. The third-order valence-corrected chi connectivity index (χ3v) is 4.15. The van der Waals surface area contributed by atoms with Crippen LogP contribution in [-0.2, 0) is 20.4 Å². The molecule has 1 atom stereocenters. The molecule has 1 unspecified atom stereocenters. The van der Waals surface area contributed by atoms with Crippen molar-refractivity contribution in [3.05, 3.63) is 21.6 Å². The van der Waals surface area contributed by atoms with Gasteiger partial charge in [-0.05, 0) is 0 Å². The summed E-state index contributed by atoms with van der Waals surface area (Å²) >= 11 is 4.32. The summed E-state index contributed by atoms with van der Waals surface area (Å²) in [5, 5.41) is 0.698. The van der Waals surface area contributed by atoms with E-state index in [9.17, 15) is 0 Å². The maximum atomic E-state index is 2.31. The number of rotatable bonds is 4. The summed E-state index contributed by atoms with van der Waals surface area (Å²) in [5.74, 6) is 1.28. The fourth-order valence-electron chi connectivity index (χ4n) is 1.29. The summed E-state index contributed by atoms with van der Waals surface area (Å²) in [5.41, 5.74) is 1.56. The molecule has 0 N–H and O–H groups in total. The van der Waals surface area contributed by atoms with E-state index in [-0.39, 0.29) is 24.8 Å². The maximum absolute atomic E-state index is 2.31. The Morgan fingerprint density at radius 3 is 2.57 bits per heavy atom. The first kappa shape index (κ1) is 17.5. The Bertz CT molecular complexity index is 214. The molecular formula is C10H15Cl2STi. The normalized spacial score (nSPS) is 16.3. The van der Waals surface area contributed by atoms with Crippen molar-refractivity contribution in [1.29, 1.82) is 0 Å². The molecular weight excluding hydrogens is 271 g/mol. The summed E-state index contributed by atoms with van der Waals surface area (Å²) in [7, 11) is 0. The predicted octanol–water partition coefficient (Wildman–Crippen LogP) is -2.71. The van der Waals surface area contributed by atoms with Crippen LogP contribution in [0, 0.1) is 0 Å². The molecule has 0 aromatic heterocycles. The molecule has 1 aliphatic rings. The Kier molecular flexibility index (Phi) is 11.7. The molecule has 0 bridgehead atoms. The van der Waals surface area contributed by atoms with E-state index in [4.69, 9.17) is 0 Å². The van der Waals surface area contributed by atoms with Gasteiger partial charge in [-0.15, -0.1) is 0 Å². The summed E-state index contributed by atoms with van der Waals surface area (Å²) in [4.78, 5) is 0. The first-order valence-electron chi connectivity index (χ1n) is 4.48. The van der Waals surface area contributed by atoms with Crippen LogP contribution in [0.4, 0.5) is 0 Å². The average Bonchev–Trinajstić information content (AvgIpc) is 2.47. The number of halogens is 2. The van der Waals surface area contributed by atoms with Crippen molar-refractivity contribution in [3.8, 4) is 0 Å². The van der Waals surface area contributed by atoms with Gasteiger partial charge in [0.1, 0.15) is 0 Å². The van der Waals surface area contributed by atoms with E-state index in [1.54, 1.807) is 9.45 Å². The molecule has 1 rings (SSSR count). The molecule has 0 nitrogen and oxygen atoms in total. The van der Waals surface area contributed by atoms with Crippen LogP contribution in [0.15, 0.2) is 21.6 Å². The van der Waals surface area contributed by atoms with Crippen LogP contribution in [0.25, 0.3) is 0 Å². The van der Waals surface area contributed by atoms with Crippen LogP contribution in [0.2, 0.25) is 0 Å². The van der Waals surface area contributed by atoms with Crippen molar-refractivity contribution in [2.75, 3.05) is 5.75 Å². The van der Waals surface area contributed by atoms with Gasteiger partial charge in [0, 0.05) is 0 Å². The molecule has 14 heavy (non-hydrogen) atoms. The predicted molar refractivity (Wildman–Crippen MR) is 53.0 cm³/mol. The molecule has 0 saturated carbocycles. The van der Waals surface area contributed by atoms with E-state index in [2.05, 4.69) is 58.2 Å². The molecule has 1 aliphatic carbocycles. The molecule has 0 radical (unpaired) electrons. The van der Waals surface area contributed by atoms with E-state index < -0.39 is 0 Å². The summed E-state index contributed by atoms with van der Waals surface area (Å²) in [6.07, 6.45) is 7.02. The Morgan fingerprint density at radius 1 is 1.50 bits per heavy atom. The Hall–Kier alpha value is 1.12. The smallest absolute Gasteiger partial charge is 1.00 e. The molecule has 0 saturated heterocycles. The van der Waals surface area contributed by atoms with Gasteiger partial charge in [-0.25, -0.2) is 0 Å². The van der Waals surface area contributed by atoms with Crippen molar-refractivity contribution >= 4 is 11.8 Å². The molecule has 0 aromatic rings. The fraction of sp³-hybridized carbons (Fsp3) is 0.600. The average molecular weight is 286 g/mol. The number of hydrogen-bond acceptors (Lipinski definition) is 1. The second-order valence-electron chi connectivity index (χ2n) is 3.05. The molecule has 0 amide bonds. The first-order chi connectivity index (χ1) is 5.75. The molecule has 0 heterocycles. The molecule has 0 fully saturated rings. The van der Waals surface area contributed by atoms with Gasteiger partial charge in [0.05, 0.1) is 0 Å². The first-order valence-corrected chi connectivity index (χ1v) is 6.31. The van der Waals surface area contributed by atoms with Crippen molar-refractivity contribution in [2.45, 2.75) is 31.9 Å². The second kappa shape index (κ2) is 9.36. The van der Waals surface area contributed by atoms with E-state index in [1.165, 1.54) is 18.6 Å². The van der Waals surface area contributed by atoms with Crippen LogP contribution >= 0.6 is 11.8 Å². The minimum Gasteiger partial charge on any atom is -1.00 e. The largest absolute Gasteiger partial charge is 1.00 e. The molecule has 0 spiro atoms. The van der Waals surface area contributed by atoms with E-state index in [0.29, 0.717) is 5.25 Å². The minimum atomic E-state index is 0. The third-order valence-electron chi connectivity index (χ3n) is 1.98. The van der Waals surface area contributed by atoms with Gasteiger partial charge < -0.3 is 24.8 Å². The Balaban J connectivity index is 0. The quantitative estimate of drug-likeness (QED) is 0.506. The van der Waals surface area contributed by atoms with Gasteiger partial charge in [0.15, 0.2) is 0 Å². The second-order valence-corrected chi connectivity index (χ2v) is 5.44. The van der Waals surface area contributed by atoms with Gasteiger partial charge in [-0.3, -0.25) is 0 Å². The third kappa shape index (κ3) is 5.27. The topological polar surface area (TPSA) is 0 Å². The van der Waals surface area contributed by atoms with Gasteiger partial charge >= 0.3 is 91.5 Å². The summed E-state index contributed by atoms with van der Waals surface area (Å²) < 4.78 is 1.56. The van der Waals surface area contributed by atoms with E-state index in [0.717, 1.165) is 0 Å². The Morgan fingerprint density at radius 2 is 2.14 bits per heavy atom. The summed E-state index contributed by atoms with van der Waals surface area (Å²) in [6, 6.07) is 0. The van der Waals surface area contributed by atoms with Gasteiger partial charge in [-0.2, -0.15) is 0 Å². The van der Waals surface area contributed by atoms with E-state index in [1.807, 2.05) is 0 Å². The molecule has 0 aliphatic heterocycles. The fourth-order valence-corrected chi connectivity index (χ4v) is 3.09. The zero-order valence-corrected chi connectivity index (χ0v) is 12.4. The van der Waals surface area contributed by atoms with Crippen LogP contribution in [0.5, 0.6) is 0 Å². The van der Waals surface area contributed by atoms with Crippen molar-refractivity contribution < 1.29 is 45.2 Å². The zero-order chi connectivity index (χ0) is 8.97. The van der Waals surface area contributed by atoms with Crippen LogP contribution in [0.1, 0.15) is 26.7 Å². The molecule has 4 heteroatoms. The van der Waals surface area contributed by atoms with E-state index >= 15 is 0 Å². The Labute approximate surface area is 116 Å². The van der Waals surface area contributed by atoms with Crippen LogP contribution in [0.3, 0.4) is 0 Å². The van der Waals surface area contributed by atoms with Crippen LogP contribution < -0.4 is 24.8 Å². The maximum Gasteiger partial charge on any atom is -1.00 e. The number of allylic oxidation sites excluding steroid dienone is 3. The van der Waals surface area contributed by atoms with Crippen molar-refractivity contribution in [2.24, 2.45) is 0 Å². The molecule has 79 valence electrons. The SMILES string of the molecule is CCCSC(C)C1=[C]([Ti+2])CC=C1.[Cl-].[Cl-]. The van der Waals surface area contributed by atoms with Crippen molar-refractivity contribution in [3.63, 3.8) is 0 Å². The van der Waals surface area contributed by atoms with Gasteiger partial charge in [0.25, 0.3) is 0 Å². The standard InChI is InChI=1S/C10H15S.2ClH.Ti/c1-3-8-11-9(2)10-6-4-5-7-10;;;/h4,6,9H,3,5,8H2,1-2H3;2*1H;/q;;;+2/p-2. The molecule has 0 aromatic carbocycles. The summed E-state index contributed by atoms with van der Waals surface area (Å²) in [6.45, 7) is 4.56. The number of hydrogen-bond donors (Lipinski definition) is 0.